The van der Waals surface area contributed by atoms with E-state index in [1.807, 2.05) is 0 Å². The Labute approximate surface area is 108 Å². The monoisotopic (exact) mass is 302 g/mol. The van der Waals surface area contributed by atoms with Crippen LogP contribution in [0.4, 0.5) is 0 Å². The maximum Gasteiger partial charge on any atom is 0.125 e. The number of hydrogen-bond acceptors (Lipinski definition) is 0. The van der Waals surface area contributed by atoms with Gasteiger partial charge >= 0.3 is 0 Å². The first-order valence-electron chi connectivity index (χ1n) is 3.44. The topological polar surface area (TPSA) is 0 Å². The number of halogens is 6. The Kier molecular flexibility index (Phi) is 7.65. The van der Waals surface area contributed by atoms with E-state index in [2.05, 4.69) is 0 Å². The first-order chi connectivity index (χ1) is 5.87. The maximum atomic E-state index is 5.89. The van der Waals surface area contributed by atoms with Crippen molar-refractivity contribution in [1.29, 1.82) is 0 Å². The van der Waals surface area contributed by atoms with Crippen molar-refractivity contribution >= 4 is 69.6 Å². The zero-order chi connectivity index (χ0) is 10.5. The molecule has 0 spiro atoms. The summed E-state index contributed by atoms with van der Waals surface area (Å²) in [7, 11) is 0. The third-order valence-corrected chi connectivity index (χ3v) is 2.51. The highest BCUT2D eigenvalue weighted by Gasteiger charge is 2.27. The summed E-state index contributed by atoms with van der Waals surface area (Å²) < 4.78 is -1.03. The van der Waals surface area contributed by atoms with Gasteiger partial charge in [-0.3, -0.25) is 0 Å². The lowest BCUT2D eigenvalue weighted by molar-refractivity contribution is 0.732. The molecule has 6 heteroatoms. The van der Waals surface area contributed by atoms with Crippen LogP contribution in [0.5, 0.6) is 0 Å². The van der Waals surface area contributed by atoms with E-state index in [4.69, 9.17) is 69.6 Å². The molecule has 0 heterocycles. The largest absolute Gasteiger partial charge is 0.125 e. The fourth-order valence-electron chi connectivity index (χ4n) is 0.701. The molecule has 0 aromatic carbocycles. The Morgan fingerprint density at radius 3 is 2.23 bits per heavy atom. The van der Waals surface area contributed by atoms with Gasteiger partial charge in [0.25, 0.3) is 0 Å². The van der Waals surface area contributed by atoms with Crippen molar-refractivity contribution in [2.45, 2.75) is 22.0 Å². The van der Waals surface area contributed by atoms with E-state index in [0.717, 1.165) is 0 Å². The maximum absolute atomic E-state index is 5.89. The van der Waals surface area contributed by atoms with Crippen LogP contribution in [0, 0.1) is 0 Å². The molecule has 0 amide bonds. The number of alkyl halides is 5. The summed E-state index contributed by atoms with van der Waals surface area (Å²) in [5, 5.41) is 0.508. The molecule has 78 valence electrons. The van der Waals surface area contributed by atoms with Gasteiger partial charge in [0.2, 0.25) is 0 Å². The van der Waals surface area contributed by atoms with Crippen LogP contribution in [0.15, 0.2) is 11.1 Å². The minimum absolute atomic E-state index is 0.256. The zero-order valence-electron chi connectivity index (χ0n) is 6.54. The lowest BCUT2D eigenvalue weighted by Gasteiger charge is -2.19. The second-order valence-corrected chi connectivity index (χ2v) is 6.14. The Hall–Kier alpha value is 1.48. The van der Waals surface area contributed by atoms with Crippen molar-refractivity contribution in [3.05, 3.63) is 11.1 Å². The molecular formula is C7H8Cl6. The lowest BCUT2D eigenvalue weighted by atomic mass is 10.2. The molecular weight excluding hydrogens is 297 g/mol. The van der Waals surface area contributed by atoms with Crippen LogP contribution in [-0.2, 0) is 0 Å². The normalized spacial score (nSPS) is 13.9. The molecule has 0 radical (unpaired) electrons. The van der Waals surface area contributed by atoms with Crippen LogP contribution in [-0.4, -0.2) is 15.0 Å². The second-order valence-electron chi connectivity index (χ2n) is 2.43. The molecule has 0 aromatic rings. The highest BCUT2D eigenvalue weighted by atomic mass is 35.5. The van der Waals surface area contributed by atoms with E-state index in [0.29, 0.717) is 17.3 Å². The molecule has 0 aliphatic rings. The summed E-state index contributed by atoms with van der Waals surface area (Å²) in [6, 6.07) is 0. The van der Waals surface area contributed by atoms with Crippen molar-refractivity contribution in [2.75, 3.05) is 5.88 Å². The van der Waals surface area contributed by atoms with Gasteiger partial charge in [-0.05, 0) is 0 Å². The molecule has 0 fully saturated rings. The van der Waals surface area contributed by atoms with Crippen LogP contribution >= 0.6 is 69.6 Å². The van der Waals surface area contributed by atoms with Crippen LogP contribution in [0.3, 0.4) is 0 Å². The number of allylic oxidation sites excluding steroid dienone is 2. The summed E-state index contributed by atoms with van der Waals surface area (Å²) in [5.41, 5.74) is 0. The first-order valence-corrected chi connectivity index (χ1v) is 5.98. The Bertz CT molecular complexity index is 174. The molecule has 0 atom stereocenters. The zero-order valence-corrected chi connectivity index (χ0v) is 11.1. The van der Waals surface area contributed by atoms with Crippen LogP contribution < -0.4 is 0 Å². The molecule has 0 aliphatic carbocycles. The molecule has 0 saturated carbocycles. The van der Waals surface area contributed by atoms with Crippen molar-refractivity contribution in [1.82, 2.24) is 0 Å². The predicted molar refractivity (Wildman–Crippen MR) is 63.8 cm³/mol. The third-order valence-electron chi connectivity index (χ3n) is 1.18. The Morgan fingerprint density at radius 2 is 1.85 bits per heavy atom. The van der Waals surface area contributed by atoms with Gasteiger partial charge in [-0.15, -0.1) is 58.0 Å². The van der Waals surface area contributed by atoms with E-state index < -0.39 is 9.17 Å². The molecule has 0 saturated heterocycles. The van der Waals surface area contributed by atoms with Crippen LogP contribution in [0.1, 0.15) is 12.8 Å². The molecule has 13 heavy (non-hydrogen) atoms. The van der Waals surface area contributed by atoms with Gasteiger partial charge in [0.1, 0.15) is 9.17 Å². The molecule has 0 bridgehead atoms. The standard InChI is InChI=1S/C7H8Cl6/c8-2-1-5(9)3-7(12,13)4-6(10)11/h1,6H,2-4H2. The van der Waals surface area contributed by atoms with E-state index >= 15 is 0 Å². The Balaban J connectivity index is 4.08. The molecule has 0 aliphatic heterocycles. The smallest absolute Gasteiger partial charge is 0.122 e. The summed E-state index contributed by atoms with van der Waals surface area (Å²) in [6.07, 6.45) is 2.17. The van der Waals surface area contributed by atoms with Gasteiger partial charge in [0.15, 0.2) is 0 Å². The summed E-state index contributed by atoms with van der Waals surface area (Å²) in [4.78, 5) is -0.601. The van der Waals surface area contributed by atoms with Gasteiger partial charge in [-0.25, -0.2) is 0 Å². The van der Waals surface area contributed by atoms with E-state index in [9.17, 15) is 0 Å². The fourth-order valence-corrected chi connectivity index (χ4v) is 2.85. The van der Waals surface area contributed by atoms with E-state index in [1.54, 1.807) is 6.08 Å². The van der Waals surface area contributed by atoms with Crippen LogP contribution in [0.25, 0.3) is 0 Å². The highest BCUT2D eigenvalue weighted by Crippen LogP contribution is 2.36. The summed E-state index contributed by atoms with van der Waals surface area (Å²) in [5.74, 6) is 0.327. The fraction of sp³-hybridized carbons (Fsp3) is 0.714. The molecule has 0 unspecified atom stereocenters. The third kappa shape index (κ3) is 8.47. The van der Waals surface area contributed by atoms with Gasteiger partial charge < -0.3 is 0 Å². The summed E-state index contributed by atoms with van der Waals surface area (Å²) >= 11 is 34.0. The minimum atomic E-state index is -1.03. The number of hydrogen-bond donors (Lipinski definition) is 0. The molecule has 0 rings (SSSR count). The van der Waals surface area contributed by atoms with Gasteiger partial charge in [-0.1, -0.05) is 17.7 Å². The van der Waals surface area contributed by atoms with E-state index in [-0.39, 0.29) is 6.42 Å². The SMILES string of the molecule is ClCC=C(Cl)CC(Cl)(Cl)CC(Cl)Cl. The van der Waals surface area contributed by atoms with Crippen molar-refractivity contribution < 1.29 is 0 Å². The summed E-state index contributed by atoms with van der Waals surface area (Å²) in [6.45, 7) is 0. The van der Waals surface area contributed by atoms with Crippen molar-refractivity contribution in [3.8, 4) is 0 Å². The first kappa shape index (κ1) is 14.5. The lowest BCUT2D eigenvalue weighted by Crippen LogP contribution is -2.16. The average Bonchev–Trinajstić information content (AvgIpc) is 1.81. The van der Waals surface area contributed by atoms with Gasteiger partial charge in [0, 0.05) is 23.8 Å². The molecule has 0 N–H and O–H groups in total. The Morgan fingerprint density at radius 1 is 1.31 bits per heavy atom. The van der Waals surface area contributed by atoms with Crippen LogP contribution in [0.2, 0.25) is 0 Å². The predicted octanol–water partition coefficient (Wildman–Crippen LogP) is 5.11. The molecule has 0 aromatic heterocycles. The van der Waals surface area contributed by atoms with Crippen molar-refractivity contribution in [3.63, 3.8) is 0 Å². The second kappa shape index (κ2) is 6.87. The van der Waals surface area contributed by atoms with Gasteiger partial charge in [-0.2, -0.15) is 0 Å². The average molecular weight is 305 g/mol. The number of rotatable bonds is 5. The minimum Gasteiger partial charge on any atom is -0.122 e. The quantitative estimate of drug-likeness (QED) is 0.619. The van der Waals surface area contributed by atoms with Crippen molar-refractivity contribution in [2.24, 2.45) is 0 Å². The molecule has 0 nitrogen and oxygen atoms in total. The van der Waals surface area contributed by atoms with E-state index in [1.165, 1.54) is 0 Å². The highest BCUT2D eigenvalue weighted by molar-refractivity contribution is 6.51. The van der Waals surface area contributed by atoms with Gasteiger partial charge in [0.05, 0.1) is 0 Å².